The van der Waals surface area contributed by atoms with Crippen molar-refractivity contribution in [3.8, 4) is 0 Å². The molecule has 6 heteroatoms. The Bertz CT molecular complexity index is 786. The third-order valence-electron chi connectivity index (χ3n) is 3.80. The highest BCUT2D eigenvalue weighted by molar-refractivity contribution is 5.91. The average Bonchev–Trinajstić information content (AvgIpc) is 3.19. The Morgan fingerprint density at radius 1 is 1.12 bits per heavy atom. The van der Waals surface area contributed by atoms with E-state index in [1.807, 2.05) is 18.2 Å². The third kappa shape index (κ3) is 4.44. The minimum Gasteiger partial charge on any atom is -0.467 e. The Morgan fingerprint density at radius 2 is 1.96 bits per heavy atom. The fraction of sp³-hybridized carbons (Fsp3) is 0.211. The van der Waals surface area contributed by atoms with Crippen LogP contribution in [0.25, 0.3) is 0 Å². The van der Waals surface area contributed by atoms with Crippen LogP contribution in [0.1, 0.15) is 28.7 Å². The van der Waals surface area contributed by atoms with Gasteiger partial charge in [-0.1, -0.05) is 30.3 Å². The number of hydrogen-bond acceptors (Lipinski definition) is 5. The molecule has 25 heavy (non-hydrogen) atoms. The second-order valence-electron chi connectivity index (χ2n) is 5.52. The Kier molecular flexibility index (Phi) is 5.41. The van der Waals surface area contributed by atoms with Crippen molar-refractivity contribution in [2.24, 2.45) is 0 Å². The van der Waals surface area contributed by atoms with Gasteiger partial charge in [0.1, 0.15) is 17.3 Å². The van der Waals surface area contributed by atoms with Gasteiger partial charge in [-0.2, -0.15) is 0 Å². The van der Waals surface area contributed by atoms with Crippen LogP contribution in [0.5, 0.6) is 0 Å². The fourth-order valence-electron chi connectivity index (χ4n) is 2.43. The molecule has 1 amide bonds. The Morgan fingerprint density at radius 3 is 2.60 bits per heavy atom. The van der Waals surface area contributed by atoms with Crippen molar-refractivity contribution in [1.82, 2.24) is 15.3 Å². The van der Waals surface area contributed by atoms with E-state index in [-0.39, 0.29) is 11.6 Å². The van der Waals surface area contributed by atoms with Gasteiger partial charge >= 0.3 is 0 Å². The lowest BCUT2D eigenvalue weighted by molar-refractivity contribution is 0.0942. The lowest BCUT2D eigenvalue weighted by Crippen LogP contribution is -2.26. The summed E-state index contributed by atoms with van der Waals surface area (Å²) >= 11 is 0. The number of carbonyl (C=O) groups excluding carboxylic acids is 1. The Labute approximate surface area is 146 Å². The number of carbonyl (C=O) groups is 1. The van der Waals surface area contributed by atoms with E-state index in [9.17, 15) is 4.79 Å². The van der Waals surface area contributed by atoms with Gasteiger partial charge in [0.2, 0.25) is 0 Å². The van der Waals surface area contributed by atoms with Crippen LogP contribution in [0.4, 0.5) is 5.82 Å². The van der Waals surface area contributed by atoms with Crippen molar-refractivity contribution in [3.05, 3.63) is 78.1 Å². The lowest BCUT2D eigenvalue weighted by atomic mass is 10.2. The summed E-state index contributed by atoms with van der Waals surface area (Å²) in [6.45, 7) is 3.93. The molecule has 0 fully saturated rings. The van der Waals surface area contributed by atoms with Crippen LogP contribution < -0.4 is 10.2 Å². The van der Waals surface area contributed by atoms with Gasteiger partial charge in [0, 0.05) is 13.1 Å². The van der Waals surface area contributed by atoms with Gasteiger partial charge < -0.3 is 14.6 Å². The van der Waals surface area contributed by atoms with Gasteiger partial charge in [-0.3, -0.25) is 4.79 Å². The second-order valence-corrected chi connectivity index (χ2v) is 5.52. The molecule has 1 aromatic carbocycles. The minimum absolute atomic E-state index is 0.276. The number of benzene rings is 1. The number of nitrogens with zero attached hydrogens (tertiary/aromatic N) is 3. The SMILES string of the molecule is CCN(Cc1ccccc1)c1cnc(C(=O)NCc2ccco2)cn1. The largest absolute Gasteiger partial charge is 0.467 e. The van der Waals surface area contributed by atoms with Gasteiger partial charge in [-0.15, -0.1) is 0 Å². The monoisotopic (exact) mass is 336 g/mol. The van der Waals surface area contributed by atoms with Crippen LogP contribution in [0, 0.1) is 0 Å². The van der Waals surface area contributed by atoms with Gasteiger partial charge in [0.05, 0.1) is 25.2 Å². The number of amides is 1. The molecule has 0 bridgehead atoms. The van der Waals surface area contributed by atoms with Crippen molar-refractivity contribution in [2.75, 3.05) is 11.4 Å². The van der Waals surface area contributed by atoms with E-state index in [4.69, 9.17) is 4.42 Å². The Hall–Kier alpha value is -3.15. The molecule has 0 radical (unpaired) electrons. The summed E-state index contributed by atoms with van der Waals surface area (Å²) in [5, 5.41) is 2.76. The molecule has 0 aliphatic carbocycles. The highest BCUT2D eigenvalue weighted by Gasteiger charge is 2.11. The summed E-state index contributed by atoms with van der Waals surface area (Å²) in [7, 11) is 0. The van der Waals surface area contributed by atoms with Crippen LogP contribution in [-0.4, -0.2) is 22.4 Å². The quantitative estimate of drug-likeness (QED) is 0.718. The number of anilines is 1. The molecule has 0 atom stereocenters. The van der Waals surface area contributed by atoms with Gasteiger partial charge in [-0.05, 0) is 24.6 Å². The third-order valence-corrected chi connectivity index (χ3v) is 3.80. The van der Waals surface area contributed by atoms with E-state index in [1.54, 1.807) is 24.6 Å². The molecule has 0 aliphatic heterocycles. The van der Waals surface area contributed by atoms with Crippen LogP contribution in [0.3, 0.4) is 0 Å². The number of rotatable bonds is 7. The maximum absolute atomic E-state index is 12.1. The molecule has 0 aliphatic rings. The molecule has 1 N–H and O–H groups in total. The maximum atomic E-state index is 12.1. The number of nitrogens with one attached hydrogen (secondary N) is 1. The molecule has 0 saturated heterocycles. The predicted molar refractivity (Wildman–Crippen MR) is 95.1 cm³/mol. The van der Waals surface area contributed by atoms with Gasteiger partial charge in [-0.25, -0.2) is 9.97 Å². The summed E-state index contributed by atoms with van der Waals surface area (Å²) in [5.74, 6) is 1.16. The van der Waals surface area contributed by atoms with Crippen molar-refractivity contribution in [3.63, 3.8) is 0 Å². The predicted octanol–water partition coefficient (Wildman–Crippen LogP) is 3.03. The van der Waals surface area contributed by atoms with Gasteiger partial charge in [0.15, 0.2) is 0 Å². The number of aromatic nitrogens is 2. The smallest absolute Gasteiger partial charge is 0.271 e. The first kappa shape index (κ1) is 16.7. The van der Waals surface area contributed by atoms with Crippen molar-refractivity contribution in [1.29, 1.82) is 0 Å². The van der Waals surface area contributed by atoms with E-state index in [0.29, 0.717) is 12.3 Å². The van der Waals surface area contributed by atoms with Crippen LogP contribution >= 0.6 is 0 Å². The first-order valence-electron chi connectivity index (χ1n) is 8.17. The van der Waals surface area contributed by atoms with Crippen LogP contribution in [0.2, 0.25) is 0 Å². The van der Waals surface area contributed by atoms with Crippen molar-refractivity contribution in [2.45, 2.75) is 20.0 Å². The average molecular weight is 336 g/mol. The lowest BCUT2D eigenvalue weighted by Gasteiger charge is -2.21. The molecule has 0 spiro atoms. The second kappa shape index (κ2) is 8.10. The molecule has 3 aromatic rings. The normalized spacial score (nSPS) is 10.4. The van der Waals surface area contributed by atoms with Crippen molar-refractivity contribution >= 4 is 11.7 Å². The summed E-state index contributed by atoms with van der Waals surface area (Å²) in [4.78, 5) is 22.9. The number of hydrogen-bond donors (Lipinski definition) is 1. The van der Waals surface area contributed by atoms with Crippen LogP contribution in [0.15, 0.2) is 65.5 Å². The minimum atomic E-state index is -0.276. The fourth-order valence-corrected chi connectivity index (χ4v) is 2.43. The summed E-state index contributed by atoms with van der Waals surface area (Å²) in [6.07, 6.45) is 4.71. The van der Waals surface area contributed by atoms with E-state index in [2.05, 4.69) is 39.2 Å². The summed E-state index contributed by atoms with van der Waals surface area (Å²) in [5.41, 5.74) is 1.48. The van der Waals surface area contributed by atoms with E-state index in [0.717, 1.165) is 18.9 Å². The zero-order chi connectivity index (χ0) is 17.5. The molecular weight excluding hydrogens is 316 g/mol. The molecule has 2 heterocycles. The topological polar surface area (TPSA) is 71.3 Å². The maximum Gasteiger partial charge on any atom is 0.271 e. The van der Waals surface area contributed by atoms with Crippen LogP contribution in [-0.2, 0) is 13.1 Å². The summed E-state index contributed by atoms with van der Waals surface area (Å²) < 4.78 is 5.18. The highest BCUT2D eigenvalue weighted by Crippen LogP contribution is 2.13. The van der Waals surface area contributed by atoms with E-state index in [1.165, 1.54) is 11.8 Å². The zero-order valence-corrected chi connectivity index (χ0v) is 14.1. The van der Waals surface area contributed by atoms with Crippen molar-refractivity contribution < 1.29 is 9.21 Å². The van der Waals surface area contributed by atoms with E-state index >= 15 is 0 Å². The molecule has 128 valence electrons. The first-order valence-corrected chi connectivity index (χ1v) is 8.17. The summed E-state index contributed by atoms with van der Waals surface area (Å²) in [6, 6.07) is 13.8. The molecule has 2 aromatic heterocycles. The molecule has 0 unspecified atom stereocenters. The molecule has 6 nitrogen and oxygen atoms in total. The first-order chi connectivity index (χ1) is 12.3. The Balaban J connectivity index is 1.62. The van der Waals surface area contributed by atoms with Gasteiger partial charge in [0.25, 0.3) is 5.91 Å². The number of furan rings is 1. The standard InChI is InChI=1S/C19H20N4O2/c1-2-23(14-15-7-4-3-5-8-15)18-13-20-17(12-21-18)19(24)22-11-16-9-6-10-25-16/h3-10,12-13H,2,11,14H2,1H3,(H,22,24). The molecule has 0 saturated carbocycles. The molecular formula is C19H20N4O2. The molecule has 3 rings (SSSR count). The van der Waals surface area contributed by atoms with E-state index < -0.39 is 0 Å². The highest BCUT2D eigenvalue weighted by atomic mass is 16.3. The zero-order valence-electron chi connectivity index (χ0n) is 14.1.